The maximum Gasteiger partial charge on any atom is 0.259 e. The monoisotopic (exact) mass is 323 g/mol. The van der Waals surface area contributed by atoms with E-state index in [9.17, 15) is 4.79 Å². The number of amides is 1. The fraction of sp³-hybridized carbons (Fsp3) is 0.263. The number of hydrogen-bond acceptors (Lipinski definition) is 3. The zero-order valence-electron chi connectivity index (χ0n) is 14.3. The van der Waals surface area contributed by atoms with Crippen LogP contribution in [0.2, 0.25) is 0 Å². The van der Waals surface area contributed by atoms with Crippen LogP contribution in [0.4, 0.5) is 5.69 Å². The number of imidazole rings is 1. The Morgan fingerprint density at radius 1 is 1.21 bits per heavy atom. The summed E-state index contributed by atoms with van der Waals surface area (Å²) in [6.07, 6.45) is 0. The smallest absolute Gasteiger partial charge is 0.259 e. The summed E-state index contributed by atoms with van der Waals surface area (Å²) in [7, 11) is 1.56. The van der Waals surface area contributed by atoms with Crippen LogP contribution < -0.4 is 10.1 Å². The first-order valence-electron chi connectivity index (χ1n) is 7.94. The Hall–Kier alpha value is -2.82. The predicted molar refractivity (Wildman–Crippen MR) is 95.8 cm³/mol. The molecule has 2 aromatic carbocycles. The van der Waals surface area contributed by atoms with Gasteiger partial charge in [0, 0.05) is 11.7 Å². The van der Waals surface area contributed by atoms with E-state index in [0.29, 0.717) is 23.0 Å². The number of carbonyl (C=O) groups is 1. The Balaban J connectivity index is 1.92. The van der Waals surface area contributed by atoms with Gasteiger partial charge >= 0.3 is 0 Å². The van der Waals surface area contributed by atoms with Crippen LogP contribution in [-0.4, -0.2) is 22.6 Å². The second kappa shape index (κ2) is 6.35. The summed E-state index contributed by atoms with van der Waals surface area (Å²) < 4.78 is 7.43. The maximum absolute atomic E-state index is 12.5. The highest BCUT2D eigenvalue weighted by molar-refractivity contribution is 6.06. The van der Waals surface area contributed by atoms with Crippen LogP contribution >= 0.6 is 0 Å². The fourth-order valence-electron chi connectivity index (χ4n) is 2.98. The molecule has 0 bridgehead atoms. The predicted octanol–water partition coefficient (Wildman–Crippen LogP) is 4.19. The molecule has 5 nitrogen and oxygen atoms in total. The molecule has 1 heterocycles. The standard InChI is InChI=1S/C19H21N3O2/c1-12(2)22-13(3)20-16-11-14(9-10-17(16)22)21-19(23)15-7-5-6-8-18(15)24-4/h5-12H,1-4H3,(H,21,23). The molecule has 0 fully saturated rings. The minimum Gasteiger partial charge on any atom is -0.496 e. The van der Waals surface area contributed by atoms with E-state index in [4.69, 9.17) is 4.74 Å². The molecule has 24 heavy (non-hydrogen) atoms. The zero-order valence-corrected chi connectivity index (χ0v) is 14.3. The van der Waals surface area contributed by atoms with Gasteiger partial charge in [-0.2, -0.15) is 0 Å². The maximum atomic E-state index is 12.5. The first-order valence-corrected chi connectivity index (χ1v) is 7.94. The van der Waals surface area contributed by atoms with Gasteiger partial charge in [0.1, 0.15) is 11.6 Å². The number of rotatable bonds is 4. The average molecular weight is 323 g/mol. The zero-order chi connectivity index (χ0) is 17.3. The van der Waals surface area contributed by atoms with Gasteiger partial charge in [0.25, 0.3) is 5.91 Å². The molecule has 0 radical (unpaired) electrons. The molecular weight excluding hydrogens is 302 g/mol. The Kier molecular flexibility index (Phi) is 4.25. The average Bonchev–Trinajstić information content (AvgIpc) is 2.89. The number of anilines is 1. The van der Waals surface area contributed by atoms with Gasteiger partial charge in [0.2, 0.25) is 0 Å². The third kappa shape index (κ3) is 2.85. The van der Waals surface area contributed by atoms with Crippen molar-refractivity contribution in [2.45, 2.75) is 26.8 Å². The van der Waals surface area contributed by atoms with Crippen LogP contribution in [0.5, 0.6) is 5.75 Å². The van der Waals surface area contributed by atoms with E-state index in [0.717, 1.165) is 16.9 Å². The summed E-state index contributed by atoms with van der Waals surface area (Å²) in [4.78, 5) is 17.1. The van der Waals surface area contributed by atoms with E-state index in [1.807, 2.05) is 37.3 Å². The molecule has 0 aliphatic rings. The van der Waals surface area contributed by atoms with E-state index < -0.39 is 0 Å². The molecule has 0 aliphatic heterocycles. The third-order valence-corrected chi connectivity index (χ3v) is 3.99. The highest BCUT2D eigenvalue weighted by Gasteiger charge is 2.14. The van der Waals surface area contributed by atoms with E-state index in [-0.39, 0.29) is 5.91 Å². The summed E-state index contributed by atoms with van der Waals surface area (Å²) in [5, 5.41) is 2.91. The highest BCUT2D eigenvalue weighted by atomic mass is 16.5. The fourth-order valence-corrected chi connectivity index (χ4v) is 2.98. The van der Waals surface area contributed by atoms with Crippen LogP contribution in [0.25, 0.3) is 11.0 Å². The van der Waals surface area contributed by atoms with Crippen molar-refractivity contribution in [3.63, 3.8) is 0 Å². The Labute approximate surface area is 141 Å². The number of ether oxygens (including phenoxy) is 1. The molecule has 0 spiro atoms. The van der Waals surface area contributed by atoms with Crippen molar-refractivity contribution in [3.8, 4) is 5.75 Å². The summed E-state index contributed by atoms with van der Waals surface area (Å²) in [5.41, 5.74) is 3.16. The van der Waals surface area contributed by atoms with E-state index >= 15 is 0 Å². The summed E-state index contributed by atoms with van der Waals surface area (Å²) in [6.45, 7) is 6.25. The molecule has 1 amide bonds. The van der Waals surface area contributed by atoms with Crippen molar-refractivity contribution >= 4 is 22.6 Å². The van der Waals surface area contributed by atoms with Gasteiger partial charge in [0.05, 0.1) is 23.7 Å². The lowest BCUT2D eigenvalue weighted by atomic mass is 10.2. The Morgan fingerprint density at radius 2 is 1.96 bits per heavy atom. The summed E-state index contributed by atoms with van der Waals surface area (Å²) in [6, 6.07) is 13.3. The number of aryl methyl sites for hydroxylation is 1. The Morgan fingerprint density at radius 3 is 2.67 bits per heavy atom. The first-order chi connectivity index (χ1) is 11.5. The summed E-state index contributed by atoms with van der Waals surface area (Å²) >= 11 is 0. The van der Waals surface area contributed by atoms with Crippen molar-refractivity contribution in [1.82, 2.24) is 9.55 Å². The summed E-state index contributed by atoms with van der Waals surface area (Å²) in [5.74, 6) is 1.32. The van der Waals surface area contributed by atoms with Crippen LogP contribution in [0.1, 0.15) is 36.1 Å². The molecule has 5 heteroatoms. The van der Waals surface area contributed by atoms with E-state index in [1.165, 1.54) is 0 Å². The number of nitrogens with zero attached hydrogens (tertiary/aromatic N) is 2. The normalized spacial score (nSPS) is 11.0. The van der Waals surface area contributed by atoms with Gasteiger partial charge in [-0.25, -0.2) is 4.98 Å². The van der Waals surface area contributed by atoms with Gasteiger partial charge in [-0.05, 0) is 51.1 Å². The van der Waals surface area contributed by atoms with E-state index in [2.05, 4.69) is 28.7 Å². The number of para-hydroxylation sites is 1. The second-order valence-corrected chi connectivity index (χ2v) is 5.98. The molecule has 124 valence electrons. The molecule has 0 atom stereocenters. The number of nitrogens with one attached hydrogen (secondary N) is 1. The van der Waals surface area contributed by atoms with E-state index in [1.54, 1.807) is 19.2 Å². The van der Waals surface area contributed by atoms with Crippen molar-refractivity contribution in [3.05, 3.63) is 53.9 Å². The van der Waals surface area contributed by atoms with Crippen molar-refractivity contribution < 1.29 is 9.53 Å². The van der Waals surface area contributed by atoms with Gasteiger partial charge in [-0.1, -0.05) is 12.1 Å². The van der Waals surface area contributed by atoms with Gasteiger partial charge in [-0.15, -0.1) is 0 Å². The minimum absolute atomic E-state index is 0.202. The molecule has 0 saturated carbocycles. The lowest BCUT2D eigenvalue weighted by Crippen LogP contribution is -2.13. The lowest BCUT2D eigenvalue weighted by molar-refractivity contribution is 0.102. The number of fused-ring (bicyclic) bond motifs is 1. The lowest BCUT2D eigenvalue weighted by Gasteiger charge is -2.11. The molecule has 0 unspecified atom stereocenters. The first kappa shape index (κ1) is 16.1. The number of carbonyl (C=O) groups excluding carboxylic acids is 1. The number of aromatic nitrogens is 2. The van der Waals surface area contributed by atoms with Crippen molar-refractivity contribution in [1.29, 1.82) is 0 Å². The second-order valence-electron chi connectivity index (χ2n) is 5.98. The molecule has 1 N–H and O–H groups in total. The number of hydrogen-bond donors (Lipinski definition) is 1. The molecule has 1 aromatic heterocycles. The highest BCUT2D eigenvalue weighted by Crippen LogP contribution is 2.25. The number of benzene rings is 2. The SMILES string of the molecule is COc1ccccc1C(=O)Nc1ccc2c(c1)nc(C)n2C(C)C. The molecule has 0 aliphatic carbocycles. The van der Waals surface area contributed by atoms with Crippen LogP contribution in [0.15, 0.2) is 42.5 Å². The molecular formula is C19H21N3O2. The molecule has 0 saturated heterocycles. The van der Waals surface area contributed by atoms with Crippen molar-refractivity contribution in [2.75, 3.05) is 12.4 Å². The van der Waals surface area contributed by atoms with Crippen molar-refractivity contribution in [2.24, 2.45) is 0 Å². The number of methoxy groups -OCH3 is 1. The molecule has 3 aromatic rings. The van der Waals surface area contributed by atoms with Gasteiger partial charge < -0.3 is 14.6 Å². The van der Waals surface area contributed by atoms with Gasteiger partial charge in [0.15, 0.2) is 0 Å². The quantitative estimate of drug-likeness (QED) is 0.783. The van der Waals surface area contributed by atoms with Crippen LogP contribution in [-0.2, 0) is 0 Å². The largest absolute Gasteiger partial charge is 0.496 e. The van der Waals surface area contributed by atoms with Gasteiger partial charge in [-0.3, -0.25) is 4.79 Å². The third-order valence-electron chi connectivity index (χ3n) is 3.99. The van der Waals surface area contributed by atoms with Crippen LogP contribution in [0.3, 0.4) is 0 Å². The minimum atomic E-state index is -0.202. The Bertz CT molecular complexity index is 897. The topological polar surface area (TPSA) is 56.1 Å². The van der Waals surface area contributed by atoms with Crippen LogP contribution in [0, 0.1) is 6.92 Å². The molecule has 3 rings (SSSR count).